The van der Waals surface area contributed by atoms with E-state index in [4.69, 9.17) is 15.2 Å². The number of hydrogen-bond donors (Lipinski definition) is 2. The lowest BCUT2D eigenvalue weighted by Crippen LogP contribution is -2.42. The van der Waals surface area contributed by atoms with Crippen LogP contribution in [0.2, 0.25) is 0 Å². The van der Waals surface area contributed by atoms with Gasteiger partial charge in [0.1, 0.15) is 11.5 Å². The van der Waals surface area contributed by atoms with E-state index < -0.39 is 0 Å². The van der Waals surface area contributed by atoms with Gasteiger partial charge in [0, 0.05) is 56.1 Å². The van der Waals surface area contributed by atoms with Crippen molar-refractivity contribution in [2.45, 2.75) is 32.2 Å². The van der Waals surface area contributed by atoms with Crippen LogP contribution in [0.5, 0.6) is 11.5 Å². The lowest BCUT2D eigenvalue weighted by molar-refractivity contribution is 0.267. The molecule has 0 amide bonds. The number of methoxy groups -OCH3 is 2. The summed E-state index contributed by atoms with van der Waals surface area (Å²) in [7, 11) is 3.36. The highest BCUT2D eigenvalue weighted by Gasteiger charge is 2.24. The highest BCUT2D eigenvalue weighted by molar-refractivity contribution is 14.0. The standard InChI is InChI=1S/C21H35N5O2.HI/c1-4-25-8-5-6-17(25)14-24-21(22)23-13-16-7-9-26(15-16)18-10-19(27-2)12-20(11-18)28-3;/h10-12,16-17H,4-9,13-15H2,1-3H3,(H3,22,23,24);1H. The van der Waals surface area contributed by atoms with Gasteiger partial charge in [0.25, 0.3) is 0 Å². The van der Waals surface area contributed by atoms with Crippen LogP contribution in [-0.2, 0) is 0 Å². The zero-order valence-electron chi connectivity index (χ0n) is 17.9. The Kier molecular flexibility index (Phi) is 9.61. The summed E-state index contributed by atoms with van der Waals surface area (Å²) in [5, 5.41) is 3.33. The Balaban J connectivity index is 0.00000300. The van der Waals surface area contributed by atoms with Crippen molar-refractivity contribution in [2.24, 2.45) is 16.6 Å². The molecule has 2 saturated heterocycles. The van der Waals surface area contributed by atoms with Crippen molar-refractivity contribution in [2.75, 3.05) is 58.4 Å². The molecule has 0 spiro atoms. The first-order valence-corrected chi connectivity index (χ1v) is 10.4. The van der Waals surface area contributed by atoms with Gasteiger partial charge in [-0.25, -0.2) is 0 Å². The van der Waals surface area contributed by atoms with Crippen molar-refractivity contribution in [1.29, 1.82) is 0 Å². The van der Waals surface area contributed by atoms with Crippen LogP contribution in [0.3, 0.4) is 0 Å². The van der Waals surface area contributed by atoms with Gasteiger partial charge in [0.05, 0.1) is 14.2 Å². The van der Waals surface area contributed by atoms with E-state index in [0.717, 1.165) is 56.3 Å². The summed E-state index contributed by atoms with van der Waals surface area (Å²) < 4.78 is 10.8. The van der Waals surface area contributed by atoms with Crippen LogP contribution in [0, 0.1) is 5.92 Å². The van der Waals surface area contributed by atoms with E-state index in [2.05, 4.69) is 39.2 Å². The molecule has 2 aliphatic rings. The SMILES string of the molecule is CCN1CCCC1CNC(N)=NCC1CCN(c2cc(OC)cc(OC)c2)C1.I. The largest absolute Gasteiger partial charge is 0.497 e. The zero-order valence-corrected chi connectivity index (χ0v) is 20.2. The van der Waals surface area contributed by atoms with Gasteiger partial charge in [-0.15, -0.1) is 24.0 Å². The third kappa shape index (κ3) is 6.53. The number of anilines is 1. The summed E-state index contributed by atoms with van der Waals surface area (Å²) in [6, 6.07) is 6.61. The van der Waals surface area contributed by atoms with Gasteiger partial charge in [-0.3, -0.25) is 9.89 Å². The molecule has 0 saturated carbocycles. The third-order valence-corrected chi connectivity index (χ3v) is 5.93. The van der Waals surface area contributed by atoms with Crippen molar-refractivity contribution in [3.63, 3.8) is 0 Å². The number of aliphatic imine (C=N–C) groups is 1. The van der Waals surface area contributed by atoms with Gasteiger partial charge in [-0.2, -0.15) is 0 Å². The van der Waals surface area contributed by atoms with Crippen LogP contribution >= 0.6 is 24.0 Å². The molecule has 0 aromatic heterocycles. The first-order valence-electron chi connectivity index (χ1n) is 10.4. The van der Waals surface area contributed by atoms with Gasteiger partial charge in [-0.1, -0.05) is 6.92 Å². The molecule has 0 bridgehead atoms. The smallest absolute Gasteiger partial charge is 0.188 e. The topological polar surface area (TPSA) is 75.4 Å². The third-order valence-electron chi connectivity index (χ3n) is 5.93. The number of guanidine groups is 1. The van der Waals surface area contributed by atoms with Crippen molar-refractivity contribution in [1.82, 2.24) is 10.2 Å². The fourth-order valence-corrected chi connectivity index (χ4v) is 4.24. The molecule has 8 heteroatoms. The number of ether oxygens (including phenoxy) is 2. The molecular formula is C21H36IN5O2. The highest BCUT2D eigenvalue weighted by atomic mass is 127. The van der Waals surface area contributed by atoms with E-state index in [-0.39, 0.29) is 24.0 Å². The van der Waals surface area contributed by atoms with Gasteiger partial charge in [0.2, 0.25) is 0 Å². The van der Waals surface area contributed by atoms with E-state index in [1.165, 1.54) is 19.4 Å². The summed E-state index contributed by atoms with van der Waals surface area (Å²) in [6.45, 7) is 8.17. The van der Waals surface area contributed by atoms with Crippen molar-refractivity contribution >= 4 is 35.6 Å². The minimum absolute atomic E-state index is 0. The van der Waals surface area contributed by atoms with E-state index in [1.54, 1.807) is 14.2 Å². The van der Waals surface area contributed by atoms with Gasteiger partial charge >= 0.3 is 0 Å². The van der Waals surface area contributed by atoms with E-state index >= 15 is 0 Å². The Morgan fingerprint density at radius 3 is 2.55 bits per heavy atom. The fourth-order valence-electron chi connectivity index (χ4n) is 4.24. The highest BCUT2D eigenvalue weighted by Crippen LogP contribution is 2.31. The molecule has 29 heavy (non-hydrogen) atoms. The Morgan fingerprint density at radius 2 is 1.90 bits per heavy atom. The second-order valence-corrected chi connectivity index (χ2v) is 7.70. The van der Waals surface area contributed by atoms with Crippen LogP contribution < -0.4 is 25.4 Å². The summed E-state index contributed by atoms with van der Waals surface area (Å²) in [5.74, 6) is 2.72. The number of benzene rings is 1. The molecule has 1 aromatic carbocycles. The average molecular weight is 517 g/mol. The summed E-state index contributed by atoms with van der Waals surface area (Å²) in [6.07, 6.45) is 3.64. The molecule has 7 nitrogen and oxygen atoms in total. The number of rotatable bonds is 8. The van der Waals surface area contributed by atoms with Crippen molar-refractivity contribution in [3.8, 4) is 11.5 Å². The second-order valence-electron chi connectivity index (χ2n) is 7.70. The van der Waals surface area contributed by atoms with Crippen molar-refractivity contribution in [3.05, 3.63) is 18.2 Å². The van der Waals surface area contributed by atoms with Crippen LogP contribution in [-0.4, -0.2) is 70.4 Å². The molecule has 0 radical (unpaired) electrons. The summed E-state index contributed by atoms with van der Waals surface area (Å²) in [4.78, 5) is 9.48. The quantitative estimate of drug-likeness (QED) is 0.314. The molecule has 2 atom stereocenters. The maximum absolute atomic E-state index is 6.11. The summed E-state index contributed by atoms with van der Waals surface area (Å²) in [5.41, 5.74) is 7.25. The van der Waals surface area contributed by atoms with Gasteiger partial charge in [-0.05, 0) is 38.3 Å². The lowest BCUT2D eigenvalue weighted by Gasteiger charge is -2.23. The van der Waals surface area contributed by atoms with Crippen LogP contribution in [0.1, 0.15) is 26.2 Å². The Labute approximate surface area is 192 Å². The van der Waals surface area contributed by atoms with Crippen LogP contribution in [0.4, 0.5) is 5.69 Å². The van der Waals surface area contributed by atoms with Crippen LogP contribution in [0.15, 0.2) is 23.2 Å². The molecule has 0 aliphatic carbocycles. The monoisotopic (exact) mass is 517 g/mol. The predicted molar refractivity (Wildman–Crippen MR) is 130 cm³/mol. The Bertz CT molecular complexity index is 650. The molecule has 2 unspecified atom stereocenters. The number of nitrogens with two attached hydrogens (primary N) is 1. The minimum atomic E-state index is 0. The van der Waals surface area contributed by atoms with E-state index in [1.807, 2.05) is 6.07 Å². The maximum atomic E-state index is 6.11. The first-order chi connectivity index (χ1) is 13.6. The molecule has 3 N–H and O–H groups in total. The Hall–Kier alpha value is -1.42. The minimum Gasteiger partial charge on any atom is -0.497 e. The van der Waals surface area contributed by atoms with Gasteiger partial charge in [0.15, 0.2) is 5.96 Å². The van der Waals surface area contributed by atoms with Crippen LogP contribution in [0.25, 0.3) is 0 Å². The number of nitrogens with one attached hydrogen (secondary N) is 1. The van der Waals surface area contributed by atoms with E-state index in [9.17, 15) is 0 Å². The van der Waals surface area contributed by atoms with Crippen molar-refractivity contribution < 1.29 is 9.47 Å². The maximum Gasteiger partial charge on any atom is 0.188 e. The number of likely N-dealkylation sites (N-methyl/N-ethyl adjacent to an activating group) is 1. The number of hydrogen-bond acceptors (Lipinski definition) is 5. The number of nitrogens with zero attached hydrogens (tertiary/aromatic N) is 3. The number of likely N-dealkylation sites (tertiary alicyclic amines) is 1. The second kappa shape index (κ2) is 11.7. The molecular weight excluding hydrogens is 481 g/mol. The molecule has 1 aromatic rings. The molecule has 164 valence electrons. The average Bonchev–Trinajstić information content (AvgIpc) is 3.39. The first kappa shape index (κ1) is 23.9. The molecule has 2 fully saturated rings. The lowest BCUT2D eigenvalue weighted by atomic mass is 10.1. The normalized spacial score (nSPS) is 22.4. The molecule has 2 heterocycles. The number of halogens is 1. The van der Waals surface area contributed by atoms with E-state index in [0.29, 0.717) is 17.9 Å². The Morgan fingerprint density at radius 1 is 1.17 bits per heavy atom. The molecule has 2 aliphatic heterocycles. The summed E-state index contributed by atoms with van der Waals surface area (Å²) >= 11 is 0. The van der Waals surface area contributed by atoms with Gasteiger partial charge < -0.3 is 25.4 Å². The fraction of sp³-hybridized carbons (Fsp3) is 0.667. The zero-order chi connectivity index (χ0) is 19.9. The molecule has 3 rings (SSSR count). The predicted octanol–water partition coefficient (Wildman–Crippen LogP) is 2.54.